The summed E-state index contributed by atoms with van der Waals surface area (Å²) in [4.78, 5) is 21.3. The molecule has 0 aromatic carbocycles. The van der Waals surface area contributed by atoms with E-state index in [0.29, 0.717) is 0 Å². The third kappa shape index (κ3) is 4.89. The minimum absolute atomic E-state index is 0.0359. The Hall–Kier alpha value is -1.58. The van der Waals surface area contributed by atoms with Gasteiger partial charge in [-0.25, -0.2) is 4.79 Å². The van der Waals surface area contributed by atoms with Crippen molar-refractivity contribution in [1.29, 1.82) is 0 Å². The molecule has 2 rings (SSSR count). The summed E-state index contributed by atoms with van der Waals surface area (Å²) in [5.41, 5.74) is -0.949. The van der Waals surface area contributed by atoms with Crippen molar-refractivity contribution in [2.24, 2.45) is 5.41 Å². The van der Waals surface area contributed by atoms with Crippen LogP contribution in [0.3, 0.4) is 0 Å². The van der Waals surface area contributed by atoms with Crippen LogP contribution in [0.2, 0.25) is 0 Å². The van der Waals surface area contributed by atoms with E-state index in [1.165, 1.54) is 63.7 Å². The van der Waals surface area contributed by atoms with Gasteiger partial charge in [0.25, 0.3) is 0 Å². The van der Waals surface area contributed by atoms with E-state index in [1.807, 2.05) is 0 Å². The number of aliphatic carboxylic acids is 2. The van der Waals surface area contributed by atoms with E-state index >= 15 is 0 Å². The Balaban J connectivity index is 0.000000250. The van der Waals surface area contributed by atoms with E-state index in [2.05, 4.69) is 0 Å². The Morgan fingerprint density at radius 1 is 1.05 bits per heavy atom. The summed E-state index contributed by atoms with van der Waals surface area (Å²) >= 11 is 0. The quantitative estimate of drug-likeness (QED) is 0.803. The highest BCUT2D eigenvalue weighted by Gasteiger charge is 2.34. The molecule has 4 heteroatoms. The van der Waals surface area contributed by atoms with Crippen molar-refractivity contribution in [2.45, 2.75) is 51.9 Å². The van der Waals surface area contributed by atoms with Gasteiger partial charge in [0.05, 0.1) is 5.41 Å². The first kappa shape index (κ1) is 15.5. The zero-order chi connectivity index (χ0) is 14.3. The van der Waals surface area contributed by atoms with Gasteiger partial charge in [-0.1, -0.05) is 56.8 Å². The molecule has 2 aliphatic carbocycles. The molecule has 0 heterocycles. The first-order valence-corrected chi connectivity index (χ1v) is 6.81. The first-order chi connectivity index (χ1) is 8.96. The molecule has 0 spiro atoms. The predicted molar refractivity (Wildman–Crippen MR) is 72.9 cm³/mol. The molecule has 0 aromatic heterocycles. The number of carboxylic acid groups (broad SMARTS) is 2. The van der Waals surface area contributed by atoms with Gasteiger partial charge < -0.3 is 10.2 Å². The average molecular weight is 266 g/mol. The van der Waals surface area contributed by atoms with Crippen LogP contribution in [0.5, 0.6) is 0 Å². The van der Waals surface area contributed by atoms with E-state index < -0.39 is 17.4 Å². The molecule has 1 unspecified atom stereocenters. The Morgan fingerprint density at radius 2 is 1.53 bits per heavy atom. The Kier molecular flexibility index (Phi) is 5.80. The van der Waals surface area contributed by atoms with E-state index in [4.69, 9.17) is 10.2 Å². The molecule has 0 aliphatic heterocycles. The maximum atomic E-state index is 10.8. The van der Waals surface area contributed by atoms with Crippen LogP contribution >= 0.6 is 0 Å². The van der Waals surface area contributed by atoms with Gasteiger partial charge in [0.2, 0.25) is 0 Å². The summed E-state index contributed by atoms with van der Waals surface area (Å²) in [6.45, 7) is 1.50. The largest absolute Gasteiger partial charge is 0.481 e. The lowest BCUT2D eigenvalue weighted by Crippen LogP contribution is -2.28. The second kappa shape index (κ2) is 7.12. The molecule has 0 amide bonds. The van der Waals surface area contributed by atoms with Crippen LogP contribution in [0.4, 0.5) is 0 Å². The number of allylic oxidation sites excluding steroid dienone is 2. The van der Waals surface area contributed by atoms with Crippen LogP contribution in [-0.2, 0) is 9.59 Å². The Bertz CT molecular complexity index is 379. The van der Waals surface area contributed by atoms with Crippen LogP contribution in [0.15, 0.2) is 23.8 Å². The molecule has 1 fully saturated rings. The topological polar surface area (TPSA) is 74.6 Å². The summed E-state index contributed by atoms with van der Waals surface area (Å²) < 4.78 is 0. The van der Waals surface area contributed by atoms with Crippen LogP contribution in [-0.4, -0.2) is 22.2 Å². The van der Waals surface area contributed by atoms with Gasteiger partial charge in [-0.2, -0.15) is 0 Å². The molecule has 0 bridgehead atoms. The van der Waals surface area contributed by atoms with Crippen molar-refractivity contribution >= 4 is 11.9 Å². The molecule has 1 atom stereocenters. The van der Waals surface area contributed by atoms with Crippen LogP contribution in [0.25, 0.3) is 0 Å². The maximum Gasteiger partial charge on any atom is 0.331 e. The molecular formula is C15H22O4. The van der Waals surface area contributed by atoms with Crippen LogP contribution in [0.1, 0.15) is 51.9 Å². The molecule has 4 nitrogen and oxygen atoms in total. The maximum absolute atomic E-state index is 10.8. The van der Waals surface area contributed by atoms with Gasteiger partial charge in [0, 0.05) is 5.57 Å². The number of carbonyl (C=O) groups is 2. The molecule has 0 saturated heterocycles. The highest BCUT2D eigenvalue weighted by molar-refractivity contribution is 5.90. The summed E-state index contributed by atoms with van der Waals surface area (Å²) in [5.74, 6) is -2.06. The molecule has 19 heavy (non-hydrogen) atoms. The lowest BCUT2D eigenvalue weighted by atomic mass is 9.80. The van der Waals surface area contributed by atoms with Crippen LogP contribution in [0, 0.1) is 5.41 Å². The highest BCUT2D eigenvalue weighted by Crippen LogP contribution is 2.31. The van der Waals surface area contributed by atoms with Gasteiger partial charge >= 0.3 is 11.9 Å². The number of rotatable bonds is 2. The zero-order valence-electron chi connectivity index (χ0n) is 11.4. The van der Waals surface area contributed by atoms with Crippen LogP contribution < -0.4 is 0 Å². The van der Waals surface area contributed by atoms with E-state index in [9.17, 15) is 9.59 Å². The molecule has 1 saturated carbocycles. The van der Waals surface area contributed by atoms with Crippen molar-refractivity contribution in [3.05, 3.63) is 23.8 Å². The van der Waals surface area contributed by atoms with Crippen molar-refractivity contribution < 1.29 is 19.8 Å². The smallest absolute Gasteiger partial charge is 0.331 e. The monoisotopic (exact) mass is 266 g/mol. The van der Waals surface area contributed by atoms with Gasteiger partial charge in [0.15, 0.2) is 0 Å². The van der Waals surface area contributed by atoms with Gasteiger partial charge in [-0.15, -0.1) is 0 Å². The molecule has 0 radical (unpaired) electrons. The molecule has 2 N–H and O–H groups in total. The third-order valence-electron chi connectivity index (χ3n) is 3.58. The highest BCUT2D eigenvalue weighted by atomic mass is 16.4. The second-order valence-corrected chi connectivity index (χ2v) is 5.38. The van der Waals surface area contributed by atoms with Crippen molar-refractivity contribution in [1.82, 2.24) is 0 Å². The van der Waals surface area contributed by atoms with E-state index in [1.54, 1.807) is 0 Å². The number of hydrogen-bond donors (Lipinski definition) is 2. The Morgan fingerprint density at radius 3 is 1.89 bits per heavy atom. The summed E-state index contributed by atoms with van der Waals surface area (Å²) in [5, 5.41) is 17.5. The van der Waals surface area contributed by atoms with Gasteiger partial charge in [-0.3, -0.25) is 4.79 Å². The van der Waals surface area contributed by atoms with Gasteiger partial charge in [-0.05, 0) is 13.3 Å². The number of hydrogen-bond acceptors (Lipinski definition) is 2. The lowest BCUT2D eigenvalue weighted by Gasteiger charge is -2.23. The average Bonchev–Trinajstić information content (AvgIpc) is 2.41. The molecular weight excluding hydrogens is 244 g/mol. The Labute approximate surface area is 113 Å². The van der Waals surface area contributed by atoms with Crippen molar-refractivity contribution in [2.75, 3.05) is 0 Å². The van der Waals surface area contributed by atoms with E-state index in [-0.39, 0.29) is 12.0 Å². The fraction of sp³-hybridized carbons (Fsp3) is 0.600. The van der Waals surface area contributed by atoms with Crippen molar-refractivity contribution in [3.8, 4) is 0 Å². The molecule has 0 aromatic rings. The fourth-order valence-corrected chi connectivity index (χ4v) is 2.24. The van der Waals surface area contributed by atoms with Crippen molar-refractivity contribution in [3.63, 3.8) is 0 Å². The minimum Gasteiger partial charge on any atom is -0.481 e. The predicted octanol–water partition coefficient (Wildman–Crippen LogP) is 3.39. The van der Waals surface area contributed by atoms with E-state index in [0.717, 1.165) is 0 Å². The van der Waals surface area contributed by atoms with Gasteiger partial charge in [0.1, 0.15) is 0 Å². The zero-order valence-corrected chi connectivity index (χ0v) is 11.4. The molecule has 2 aliphatic rings. The summed E-state index contributed by atoms with van der Waals surface area (Å²) in [6, 6.07) is 0. The second-order valence-electron chi connectivity index (χ2n) is 5.38. The fourth-order valence-electron chi connectivity index (χ4n) is 2.24. The number of carboxylic acids is 2. The minimum atomic E-state index is -1.08. The standard InChI is InChI=1S/C9H10O4.C6H12/c1-9(8(12)13)4-2-3-6(5-9)7(10)11;1-2-4-6-5-3-1/h2-4H,5H2,1H3,(H,10,11)(H,12,13);1-6H2. The summed E-state index contributed by atoms with van der Waals surface area (Å²) in [7, 11) is 0. The first-order valence-electron chi connectivity index (χ1n) is 6.81. The summed E-state index contributed by atoms with van der Waals surface area (Å²) in [6.07, 6.45) is 13.4. The lowest BCUT2D eigenvalue weighted by molar-refractivity contribution is -0.145. The SMILES string of the molecule is C1CCCCC1.CC1(C(=O)O)C=CC=C(C(=O)O)C1. The molecule has 106 valence electrons. The normalized spacial score (nSPS) is 25.8. The third-order valence-corrected chi connectivity index (χ3v) is 3.58.